The molecule has 0 N–H and O–H groups in total. The highest BCUT2D eigenvalue weighted by Gasteiger charge is 2.19. The van der Waals surface area contributed by atoms with Gasteiger partial charge in [-0.25, -0.2) is 4.98 Å². The second-order valence-corrected chi connectivity index (χ2v) is 6.80. The second kappa shape index (κ2) is 8.38. The van der Waals surface area contributed by atoms with E-state index in [0.717, 1.165) is 31.6 Å². The summed E-state index contributed by atoms with van der Waals surface area (Å²) in [7, 11) is 0. The smallest absolute Gasteiger partial charge is 0.254 e. The molecule has 0 aliphatic rings. The van der Waals surface area contributed by atoms with Crippen LogP contribution >= 0.6 is 11.6 Å². The molecule has 21 heavy (non-hydrogen) atoms. The van der Waals surface area contributed by atoms with Crippen LogP contribution in [-0.4, -0.2) is 28.9 Å². The minimum atomic E-state index is 0.0547. The van der Waals surface area contributed by atoms with E-state index >= 15 is 0 Å². The topological polar surface area (TPSA) is 33.2 Å². The Hall–Kier alpha value is -1.09. The van der Waals surface area contributed by atoms with Crippen LogP contribution in [-0.2, 0) is 6.42 Å². The quantitative estimate of drug-likeness (QED) is 0.697. The van der Waals surface area contributed by atoms with Crippen molar-refractivity contribution in [2.45, 2.75) is 47.5 Å². The van der Waals surface area contributed by atoms with Crippen LogP contribution in [0.4, 0.5) is 0 Å². The van der Waals surface area contributed by atoms with E-state index in [0.29, 0.717) is 22.6 Å². The van der Waals surface area contributed by atoms with Crippen LogP contribution in [0.25, 0.3) is 0 Å². The molecule has 1 heterocycles. The summed E-state index contributed by atoms with van der Waals surface area (Å²) in [4.78, 5) is 19.0. The van der Waals surface area contributed by atoms with E-state index in [-0.39, 0.29) is 5.91 Å². The fourth-order valence-corrected chi connectivity index (χ4v) is 2.59. The first-order chi connectivity index (χ1) is 9.83. The number of halogens is 1. The molecule has 0 atom stereocenters. The minimum Gasteiger partial charge on any atom is -0.338 e. The van der Waals surface area contributed by atoms with Crippen molar-refractivity contribution in [3.8, 4) is 0 Å². The molecule has 4 heteroatoms. The van der Waals surface area contributed by atoms with Gasteiger partial charge in [-0.15, -0.1) is 0 Å². The van der Waals surface area contributed by atoms with Crippen molar-refractivity contribution in [1.29, 1.82) is 0 Å². The Morgan fingerprint density at radius 3 is 2.24 bits per heavy atom. The van der Waals surface area contributed by atoms with Gasteiger partial charge >= 0.3 is 0 Å². The fraction of sp³-hybridized carbons (Fsp3) is 0.647. The molecule has 0 fully saturated rings. The van der Waals surface area contributed by atoms with Crippen LogP contribution in [0.1, 0.15) is 57.1 Å². The van der Waals surface area contributed by atoms with Gasteiger partial charge in [0, 0.05) is 24.3 Å². The Bertz CT molecular complexity index is 462. The Labute approximate surface area is 133 Å². The van der Waals surface area contributed by atoms with E-state index in [1.54, 1.807) is 6.07 Å². The molecule has 1 aromatic rings. The van der Waals surface area contributed by atoms with Crippen molar-refractivity contribution in [3.63, 3.8) is 0 Å². The molecule has 118 valence electrons. The number of aryl methyl sites for hydroxylation is 1. The fourth-order valence-electron chi connectivity index (χ4n) is 2.36. The highest BCUT2D eigenvalue weighted by atomic mass is 35.5. The number of hydrogen-bond donors (Lipinski definition) is 0. The van der Waals surface area contributed by atoms with Gasteiger partial charge in [-0.1, -0.05) is 52.6 Å². The second-order valence-electron chi connectivity index (χ2n) is 6.42. The lowest BCUT2D eigenvalue weighted by Crippen LogP contribution is -2.37. The van der Waals surface area contributed by atoms with Gasteiger partial charge in [0.15, 0.2) is 0 Å². The van der Waals surface area contributed by atoms with Crippen molar-refractivity contribution in [3.05, 3.63) is 28.5 Å². The van der Waals surface area contributed by atoms with Crippen LogP contribution in [0, 0.1) is 11.8 Å². The van der Waals surface area contributed by atoms with Gasteiger partial charge in [0.25, 0.3) is 5.91 Å². The monoisotopic (exact) mass is 310 g/mol. The Kier molecular flexibility index (Phi) is 7.16. The van der Waals surface area contributed by atoms with E-state index in [2.05, 4.69) is 39.6 Å². The van der Waals surface area contributed by atoms with Crippen LogP contribution < -0.4 is 0 Å². The maximum absolute atomic E-state index is 12.8. The summed E-state index contributed by atoms with van der Waals surface area (Å²) in [5, 5.41) is 0.401. The summed E-state index contributed by atoms with van der Waals surface area (Å²) in [6.07, 6.45) is 1.83. The van der Waals surface area contributed by atoms with Crippen molar-refractivity contribution in [2.75, 3.05) is 13.1 Å². The molecule has 3 nitrogen and oxygen atoms in total. The van der Waals surface area contributed by atoms with E-state index in [4.69, 9.17) is 11.6 Å². The first kappa shape index (κ1) is 18.0. The third-order valence-electron chi connectivity index (χ3n) is 3.06. The molecule has 0 radical (unpaired) electrons. The standard InChI is InChI=1S/C17H27ClN2O/c1-6-7-15-8-14(9-16(18)19-15)17(21)20(10-12(2)3)11-13(4)5/h8-9,12-13H,6-7,10-11H2,1-5H3. The summed E-state index contributed by atoms with van der Waals surface area (Å²) in [6.45, 7) is 12.1. The summed E-state index contributed by atoms with van der Waals surface area (Å²) in [6, 6.07) is 3.56. The lowest BCUT2D eigenvalue weighted by atomic mass is 10.1. The number of hydrogen-bond acceptors (Lipinski definition) is 2. The zero-order valence-corrected chi connectivity index (χ0v) is 14.6. The molecule has 0 spiro atoms. The molecule has 0 bridgehead atoms. The summed E-state index contributed by atoms with van der Waals surface area (Å²) >= 11 is 6.06. The van der Waals surface area contributed by atoms with Crippen molar-refractivity contribution in [2.24, 2.45) is 11.8 Å². The number of carbonyl (C=O) groups excluding carboxylic acids is 1. The lowest BCUT2D eigenvalue weighted by molar-refractivity contribution is 0.0715. The van der Waals surface area contributed by atoms with E-state index in [9.17, 15) is 4.79 Å². The zero-order valence-electron chi connectivity index (χ0n) is 13.8. The number of aromatic nitrogens is 1. The van der Waals surface area contributed by atoms with Gasteiger partial charge < -0.3 is 4.90 Å². The average Bonchev–Trinajstić information content (AvgIpc) is 2.35. The van der Waals surface area contributed by atoms with E-state index in [1.165, 1.54) is 0 Å². The van der Waals surface area contributed by atoms with Crippen molar-refractivity contribution < 1.29 is 4.79 Å². The molecule has 0 aliphatic carbocycles. The van der Waals surface area contributed by atoms with Crippen LogP contribution in [0.5, 0.6) is 0 Å². The SMILES string of the molecule is CCCc1cc(C(=O)N(CC(C)C)CC(C)C)cc(Cl)n1. The molecule has 0 saturated heterocycles. The predicted molar refractivity (Wildman–Crippen MR) is 88.8 cm³/mol. The largest absolute Gasteiger partial charge is 0.338 e. The molecular formula is C17H27ClN2O. The summed E-state index contributed by atoms with van der Waals surface area (Å²) in [5.74, 6) is 0.944. The van der Waals surface area contributed by atoms with Gasteiger partial charge in [-0.2, -0.15) is 0 Å². The first-order valence-electron chi connectivity index (χ1n) is 7.79. The molecule has 1 rings (SSSR count). The molecule has 1 amide bonds. The summed E-state index contributed by atoms with van der Waals surface area (Å²) in [5.41, 5.74) is 1.54. The Morgan fingerprint density at radius 1 is 1.19 bits per heavy atom. The van der Waals surface area contributed by atoms with Gasteiger partial charge in [0.1, 0.15) is 5.15 Å². The molecule has 0 unspecified atom stereocenters. The number of carbonyl (C=O) groups is 1. The maximum atomic E-state index is 12.8. The summed E-state index contributed by atoms with van der Waals surface area (Å²) < 4.78 is 0. The molecule has 0 aromatic carbocycles. The van der Waals surface area contributed by atoms with E-state index in [1.807, 2.05) is 11.0 Å². The minimum absolute atomic E-state index is 0.0547. The normalized spacial score (nSPS) is 11.2. The number of amides is 1. The third-order valence-corrected chi connectivity index (χ3v) is 3.25. The van der Waals surface area contributed by atoms with Gasteiger partial charge in [0.2, 0.25) is 0 Å². The van der Waals surface area contributed by atoms with Crippen molar-refractivity contribution >= 4 is 17.5 Å². The van der Waals surface area contributed by atoms with Gasteiger partial charge in [0.05, 0.1) is 0 Å². The molecule has 1 aromatic heterocycles. The van der Waals surface area contributed by atoms with E-state index < -0.39 is 0 Å². The predicted octanol–water partition coefficient (Wildman–Crippen LogP) is 4.44. The first-order valence-corrected chi connectivity index (χ1v) is 8.17. The number of pyridine rings is 1. The third kappa shape index (κ3) is 6.04. The number of rotatable bonds is 7. The van der Waals surface area contributed by atoms with Crippen LogP contribution in [0.2, 0.25) is 5.15 Å². The molecule has 0 aliphatic heterocycles. The van der Waals surface area contributed by atoms with Gasteiger partial charge in [-0.05, 0) is 30.4 Å². The highest BCUT2D eigenvalue weighted by Crippen LogP contribution is 2.16. The maximum Gasteiger partial charge on any atom is 0.254 e. The highest BCUT2D eigenvalue weighted by molar-refractivity contribution is 6.29. The van der Waals surface area contributed by atoms with Crippen molar-refractivity contribution in [1.82, 2.24) is 9.88 Å². The lowest BCUT2D eigenvalue weighted by Gasteiger charge is -2.26. The average molecular weight is 311 g/mol. The zero-order chi connectivity index (χ0) is 16.0. The Balaban J connectivity index is 3.01. The van der Waals surface area contributed by atoms with Gasteiger partial charge in [-0.3, -0.25) is 4.79 Å². The van der Waals surface area contributed by atoms with Crippen LogP contribution in [0.3, 0.4) is 0 Å². The molecular weight excluding hydrogens is 284 g/mol. The van der Waals surface area contributed by atoms with Crippen LogP contribution in [0.15, 0.2) is 12.1 Å². The number of nitrogens with zero attached hydrogens (tertiary/aromatic N) is 2. The molecule has 0 saturated carbocycles. The Morgan fingerprint density at radius 2 is 1.76 bits per heavy atom.